The van der Waals surface area contributed by atoms with Crippen LogP contribution < -0.4 is 24.8 Å². The molecule has 2 aromatic heterocycles. The number of allylic oxidation sites excluding steroid dienone is 1. The van der Waals surface area contributed by atoms with Gasteiger partial charge in [-0.3, -0.25) is 19.1 Å². The van der Waals surface area contributed by atoms with Crippen LogP contribution in [0.5, 0.6) is 11.5 Å². The number of carbonyl (C=O) groups excluding carboxylic acids is 3. The molecule has 2 aliphatic carbocycles. The van der Waals surface area contributed by atoms with Gasteiger partial charge in [-0.15, -0.1) is 11.3 Å². The number of nitrogens with one attached hydrogen (secondary N) is 3. The largest absolute Gasteiger partial charge is 0.496 e. The Balaban J connectivity index is 1.15. The molecule has 2 aromatic carbocycles. The van der Waals surface area contributed by atoms with Gasteiger partial charge in [-0.25, -0.2) is 18.4 Å². The summed E-state index contributed by atoms with van der Waals surface area (Å²) in [5, 5.41) is 19.2. The predicted octanol–water partition coefficient (Wildman–Crippen LogP) is 6.89. The number of rotatable bonds is 10. The van der Waals surface area contributed by atoms with E-state index in [0.29, 0.717) is 53.2 Å². The van der Waals surface area contributed by atoms with Crippen LogP contribution in [0.3, 0.4) is 0 Å². The number of hydrogen-bond acceptors (Lipinski definition) is 12. The van der Waals surface area contributed by atoms with Crippen LogP contribution in [0.4, 0.5) is 5.69 Å². The number of hydrogen-bond donors (Lipinski definition) is 3. The molecule has 0 unspecified atom stereocenters. The average molecular weight is 880 g/mol. The summed E-state index contributed by atoms with van der Waals surface area (Å²) in [6.07, 6.45) is 8.06. The summed E-state index contributed by atoms with van der Waals surface area (Å²) in [6.45, 7) is 7.76. The number of aryl methyl sites for hydroxylation is 1. The molecule has 3 fully saturated rings. The van der Waals surface area contributed by atoms with E-state index < -0.39 is 56.2 Å². The Hall–Kier alpha value is -5.53. The number of nitrogens with zero attached hydrogens (tertiary/aromatic N) is 4. The fourth-order valence-electron chi connectivity index (χ4n) is 8.44. The molecule has 0 spiro atoms. The zero-order chi connectivity index (χ0) is 44.0. The maximum Gasteiger partial charge on any atom is 0.259 e. The second-order valence-corrected chi connectivity index (χ2v) is 20.7. The molecule has 3 amide bonds. The normalized spacial score (nSPS) is 24.8. The number of methoxy groups -OCH3 is 1. The van der Waals surface area contributed by atoms with Gasteiger partial charge in [-0.05, 0) is 94.7 Å². The van der Waals surface area contributed by atoms with Crippen LogP contribution in [0.25, 0.3) is 21.6 Å². The summed E-state index contributed by atoms with van der Waals surface area (Å²) < 4.78 is 40.4. The average Bonchev–Trinajstić information content (AvgIpc) is 4.02. The van der Waals surface area contributed by atoms with Crippen LogP contribution in [0, 0.1) is 24.2 Å². The summed E-state index contributed by atoms with van der Waals surface area (Å²) in [4.78, 5) is 55.2. The Kier molecular flexibility index (Phi) is 11.8. The van der Waals surface area contributed by atoms with E-state index in [1.54, 1.807) is 38.3 Å². The summed E-state index contributed by atoms with van der Waals surface area (Å²) in [5.41, 5.74) is 2.69. The summed E-state index contributed by atoms with van der Waals surface area (Å²) >= 11 is 1.49. The number of aromatic nitrogens is 2. The maximum atomic E-state index is 14.9. The maximum absolute atomic E-state index is 14.9. The van der Waals surface area contributed by atoms with Crippen molar-refractivity contribution in [2.24, 2.45) is 5.92 Å². The van der Waals surface area contributed by atoms with Crippen LogP contribution in [-0.2, 0) is 24.4 Å². The van der Waals surface area contributed by atoms with E-state index >= 15 is 0 Å². The Morgan fingerprint density at radius 3 is 2.55 bits per heavy atom. The number of ether oxygens (including phenoxy) is 2. The minimum atomic E-state index is -4.00. The molecule has 2 saturated carbocycles. The lowest BCUT2D eigenvalue weighted by Gasteiger charge is -2.30. The number of sulfonamides is 1. The Bertz CT molecular complexity index is 2580. The van der Waals surface area contributed by atoms with Crippen LogP contribution in [-0.4, -0.2) is 83.1 Å². The van der Waals surface area contributed by atoms with E-state index in [0.717, 1.165) is 47.3 Å². The van der Waals surface area contributed by atoms with Crippen molar-refractivity contribution in [2.45, 2.75) is 120 Å². The third kappa shape index (κ3) is 8.49. The van der Waals surface area contributed by atoms with Crippen LogP contribution in [0.2, 0.25) is 0 Å². The first-order chi connectivity index (χ1) is 29.6. The topological polar surface area (TPSA) is 193 Å². The molecule has 62 heavy (non-hydrogen) atoms. The van der Waals surface area contributed by atoms with Crippen molar-refractivity contribution in [1.82, 2.24) is 24.9 Å². The van der Waals surface area contributed by atoms with Gasteiger partial charge < -0.3 is 25.0 Å². The third-order valence-corrected chi connectivity index (χ3v) is 15.9. The van der Waals surface area contributed by atoms with Gasteiger partial charge in [-0.2, -0.15) is 5.26 Å². The Morgan fingerprint density at radius 1 is 1.08 bits per heavy atom. The minimum absolute atomic E-state index is 0.0563. The molecule has 326 valence electrons. The lowest BCUT2D eigenvalue weighted by molar-refractivity contribution is -0.140. The highest BCUT2D eigenvalue weighted by Crippen LogP contribution is 2.48. The Labute approximate surface area is 366 Å². The number of thiazole rings is 1. The van der Waals surface area contributed by atoms with Gasteiger partial charge >= 0.3 is 0 Å². The molecule has 4 heterocycles. The van der Waals surface area contributed by atoms with Gasteiger partial charge in [0.25, 0.3) is 5.91 Å². The van der Waals surface area contributed by atoms with Gasteiger partial charge in [0.2, 0.25) is 21.8 Å². The summed E-state index contributed by atoms with van der Waals surface area (Å²) in [6, 6.07) is 12.8. The van der Waals surface area contributed by atoms with Crippen molar-refractivity contribution in [3.8, 4) is 28.3 Å². The quantitative estimate of drug-likeness (QED) is 0.141. The fourth-order valence-corrected chi connectivity index (χ4v) is 10.7. The molecule has 1 saturated heterocycles. The number of carbonyl (C=O) groups is 3. The standard InChI is InChI=1S/C46H53N7O7S2/c1-27(2)36-26-61-42(50-36)35-22-39(33-17-18-38(59-5)28(3)40(33)49-35)60-32-21-37-41(54)51-46(44(56)52-62(57,58)45(4)19-20-45)23-30(46)11-9-7-6-8-10-12-34(43(55)53(37)25-32)48-31-15-13-29(24-47)14-16-31/h9,11,13-18,22,26-27,30,32,34,37,48H,6-8,10,12,19-21,23,25H2,1-5H3,(H,51,54)(H,52,56)/t30-,32-,34+,37+,46-/m1/s1. The second kappa shape index (κ2) is 17.0. The summed E-state index contributed by atoms with van der Waals surface area (Å²) in [5.74, 6) is -0.685. The number of pyridine rings is 1. The van der Waals surface area contributed by atoms with Crippen molar-refractivity contribution < 1.29 is 32.3 Å². The van der Waals surface area contributed by atoms with Gasteiger partial charge in [0.1, 0.15) is 45.9 Å². The third-order valence-electron chi connectivity index (χ3n) is 12.8. The summed E-state index contributed by atoms with van der Waals surface area (Å²) in [7, 11) is -2.39. The van der Waals surface area contributed by atoms with Crippen molar-refractivity contribution >= 4 is 55.7 Å². The van der Waals surface area contributed by atoms with Gasteiger partial charge in [0.05, 0.1) is 41.2 Å². The molecule has 2 aliphatic heterocycles. The molecule has 0 bridgehead atoms. The molecular formula is C46H53N7O7S2. The molecule has 3 N–H and O–H groups in total. The van der Waals surface area contributed by atoms with Crippen molar-refractivity contribution in [1.29, 1.82) is 5.26 Å². The number of nitriles is 1. The van der Waals surface area contributed by atoms with Gasteiger partial charge in [-0.1, -0.05) is 38.8 Å². The molecule has 4 aromatic rings. The highest BCUT2D eigenvalue weighted by molar-refractivity contribution is 7.91. The molecule has 5 atom stereocenters. The molecule has 14 nitrogen and oxygen atoms in total. The number of anilines is 1. The first-order valence-corrected chi connectivity index (χ1v) is 23.7. The van der Waals surface area contributed by atoms with Crippen molar-refractivity contribution in [3.63, 3.8) is 0 Å². The SMILES string of the molecule is COc1ccc2c(O[C@@H]3C[C@H]4C(=O)N[C@]5(C(=O)NS(=O)(=O)C6(C)CC6)C[C@H]5C=CCCCCC[C@H](Nc5ccc(C#N)cc5)C(=O)N4C3)cc(-c3nc(C(C)C)cs3)nc2c1C. The van der Waals surface area contributed by atoms with Crippen LogP contribution in [0.15, 0.2) is 60.0 Å². The van der Waals surface area contributed by atoms with E-state index in [9.17, 15) is 28.1 Å². The zero-order valence-electron chi connectivity index (χ0n) is 35.7. The van der Waals surface area contributed by atoms with Gasteiger partial charge in [0.15, 0.2) is 0 Å². The highest BCUT2D eigenvalue weighted by atomic mass is 32.2. The molecular weight excluding hydrogens is 827 g/mol. The monoisotopic (exact) mass is 879 g/mol. The first kappa shape index (κ1) is 43.1. The van der Waals surface area contributed by atoms with E-state index in [1.807, 2.05) is 42.7 Å². The molecule has 16 heteroatoms. The molecule has 4 aliphatic rings. The molecule has 0 radical (unpaired) electrons. The van der Waals surface area contributed by atoms with E-state index in [4.69, 9.17) is 19.4 Å². The highest BCUT2D eigenvalue weighted by Gasteiger charge is 2.63. The van der Waals surface area contributed by atoms with Crippen LogP contribution in [0.1, 0.15) is 101 Å². The first-order valence-electron chi connectivity index (χ1n) is 21.4. The lowest BCUT2D eigenvalue weighted by Crippen LogP contribution is -2.58. The number of benzene rings is 2. The Morgan fingerprint density at radius 2 is 1.85 bits per heavy atom. The smallest absolute Gasteiger partial charge is 0.259 e. The number of fused-ring (bicyclic) bond motifs is 3. The van der Waals surface area contributed by atoms with Crippen LogP contribution >= 0.6 is 11.3 Å². The van der Waals surface area contributed by atoms with E-state index in [-0.39, 0.29) is 31.2 Å². The van der Waals surface area contributed by atoms with Crippen molar-refractivity contribution in [2.75, 3.05) is 19.0 Å². The van der Waals surface area contributed by atoms with Gasteiger partial charge in [0, 0.05) is 40.4 Å². The van der Waals surface area contributed by atoms with E-state index in [1.165, 1.54) is 16.2 Å². The number of amides is 3. The lowest BCUT2D eigenvalue weighted by atomic mass is 10.0. The van der Waals surface area contributed by atoms with E-state index in [2.05, 4.69) is 35.3 Å². The zero-order valence-corrected chi connectivity index (χ0v) is 37.3. The van der Waals surface area contributed by atoms with Crippen molar-refractivity contribution in [3.05, 3.63) is 76.8 Å². The minimum Gasteiger partial charge on any atom is -0.496 e. The second-order valence-electron chi connectivity index (χ2n) is 17.6. The predicted molar refractivity (Wildman–Crippen MR) is 237 cm³/mol. The fraction of sp³-hybridized carbons (Fsp3) is 0.478. The molecule has 8 rings (SSSR count).